The maximum Gasteiger partial charge on any atom is 0.274 e. The second-order valence-electron chi connectivity index (χ2n) is 6.16. The van der Waals surface area contributed by atoms with Gasteiger partial charge in [0.1, 0.15) is 17.3 Å². The number of hydrogen-bond acceptors (Lipinski definition) is 5. The molecule has 0 saturated carbocycles. The molecule has 26 heavy (non-hydrogen) atoms. The van der Waals surface area contributed by atoms with Crippen molar-refractivity contribution in [1.82, 2.24) is 14.9 Å². The van der Waals surface area contributed by atoms with Gasteiger partial charge in [-0.1, -0.05) is 30.1 Å². The Morgan fingerprint density at radius 3 is 2.54 bits per heavy atom. The second-order valence-corrected chi connectivity index (χ2v) is 7.00. The summed E-state index contributed by atoms with van der Waals surface area (Å²) in [5, 5.41) is 3.68. The molecule has 3 rings (SSSR count). The molecule has 1 aliphatic rings. The Kier molecular flexibility index (Phi) is 5.96. The van der Waals surface area contributed by atoms with E-state index in [4.69, 9.17) is 23.2 Å². The molecule has 2 aromatic rings. The Bertz CT molecular complexity index is 806. The number of benzene rings is 1. The first-order valence-electron chi connectivity index (χ1n) is 8.55. The van der Waals surface area contributed by atoms with Gasteiger partial charge in [-0.25, -0.2) is 9.97 Å². The summed E-state index contributed by atoms with van der Waals surface area (Å²) in [5.74, 6) is 1.02. The van der Waals surface area contributed by atoms with Crippen LogP contribution in [0.4, 0.5) is 11.5 Å². The van der Waals surface area contributed by atoms with Gasteiger partial charge in [0.25, 0.3) is 5.91 Å². The SMILES string of the molecule is CCN1CCN(c2cc(C(=O)Nc3ccc(Cl)cc3Cl)nc(C)n2)CC1. The molecule has 0 unspecified atom stereocenters. The van der Waals surface area contributed by atoms with Crippen LogP contribution < -0.4 is 10.2 Å². The van der Waals surface area contributed by atoms with Gasteiger partial charge in [-0.05, 0) is 31.7 Å². The van der Waals surface area contributed by atoms with Crippen LogP contribution in [0.25, 0.3) is 0 Å². The van der Waals surface area contributed by atoms with E-state index in [1.54, 1.807) is 31.2 Å². The summed E-state index contributed by atoms with van der Waals surface area (Å²) >= 11 is 12.0. The molecule has 1 saturated heterocycles. The van der Waals surface area contributed by atoms with E-state index in [-0.39, 0.29) is 5.91 Å². The first kappa shape index (κ1) is 18.9. The van der Waals surface area contributed by atoms with Crippen LogP contribution in [-0.2, 0) is 0 Å². The number of carbonyl (C=O) groups is 1. The Morgan fingerprint density at radius 2 is 1.88 bits per heavy atom. The molecule has 1 aliphatic heterocycles. The summed E-state index contributed by atoms with van der Waals surface area (Å²) in [4.78, 5) is 26.0. The average molecular weight is 394 g/mol. The number of halogens is 2. The van der Waals surface area contributed by atoms with Gasteiger partial charge in [0, 0.05) is 37.3 Å². The van der Waals surface area contributed by atoms with E-state index < -0.39 is 0 Å². The Labute approximate surface area is 163 Å². The number of rotatable bonds is 4. The van der Waals surface area contributed by atoms with Crippen LogP contribution >= 0.6 is 23.2 Å². The van der Waals surface area contributed by atoms with Gasteiger partial charge in [0.15, 0.2) is 0 Å². The van der Waals surface area contributed by atoms with Gasteiger partial charge >= 0.3 is 0 Å². The van der Waals surface area contributed by atoms with Crippen molar-refractivity contribution < 1.29 is 4.79 Å². The van der Waals surface area contributed by atoms with Gasteiger partial charge in [-0.2, -0.15) is 0 Å². The number of nitrogens with zero attached hydrogens (tertiary/aromatic N) is 4. The van der Waals surface area contributed by atoms with E-state index in [2.05, 4.69) is 32.0 Å². The molecule has 6 nitrogen and oxygen atoms in total. The number of nitrogens with one attached hydrogen (secondary N) is 1. The number of carbonyl (C=O) groups excluding carboxylic acids is 1. The fourth-order valence-corrected chi connectivity index (χ4v) is 3.36. The molecule has 8 heteroatoms. The van der Waals surface area contributed by atoms with Crippen LogP contribution in [0, 0.1) is 6.92 Å². The minimum atomic E-state index is -0.326. The quantitative estimate of drug-likeness (QED) is 0.861. The maximum absolute atomic E-state index is 12.6. The van der Waals surface area contributed by atoms with E-state index in [0.717, 1.165) is 38.5 Å². The van der Waals surface area contributed by atoms with Gasteiger partial charge < -0.3 is 15.1 Å². The molecular formula is C18H21Cl2N5O. The third-order valence-electron chi connectivity index (χ3n) is 4.38. The lowest BCUT2D eigenvalue weighted by molar-refractivity contribution is 0.102. The van der Waals surface area contributed by atoms with Crippen LogP contribution in [0.1, 0.15) is 23.2 Å². The first-order chi connectivity index (χ1) is 12.5. The van der Waals surface area contributed by atoms with E-state index in [1.807, 2.05) is 0 Å². The lowest BCUT2D eigenvalue weighted by Gasteiger charge is -2.34. The van der Waals surface area contributed by atoms with E-state index in [1.165, 1.54) is 0 Å². The summed E-state index contributed by atoms with van der Waals surface area (Å²) < 4.78 is 0. The number of anilines is 2. The summed E-state index contributed by atoms with van der Waals surface area (Å²) in [6.07, 6.45) is 0. The number of amides is 1. The zero-order valence-corrected chi connectivity index (χ0v) is 16.3. The predicted octanol–water partition coefficient (Wildman–Crippen LogP) is 3.49. The van der Waals surface area contributed by atoms with Crippen molar-refractivity contribution in [3.05, 3.63) is 45.8 Å². The van der Waals surface area contributed by atoms with Crippen LogP contribution in [0.15, 0.2) is 24.3 Å². The molecule has 0 atom stereocenters. The zero-order chi connectivity index (χ0) is 18.7. The molecule has 1 fully saturated rings. The van der Waals surface area contributed by atoms with Gasteiger partial charge in [0.05, 0.1) is 10.7 Å². The summed E-state index contributed by atoms with van der Waals surface area (Å²) in [6, 6.07) is 6.66. The number of aryl methyl sites for hydroxylation is 1. The molecule has 0 spiro atoms. The van der Waals surface area contributed by atoms with E-state index in [9.17, 15) is 4.79 Å². The highest BCUT2D eigenvalue weighted by molar-refractivity contribution is 6.36. The van der Waals surface area contributed by atoms with Gasteiger partial charge in [-0.15, -0.1) is 0 Å². The first-order valence-corrected chi connectivity index (χ1v) is 9.31. The van der Waals surface area contributed by atoms with Crippen molar-refractivity contribution in [1.29, 1.82) is 0 Å². The highest BCUT2D eigenvalue weighted by Crippen LogP contribution is 2.26. The Morgan fingerprint density at radius 1 is 1.15 bits per heavy atom. The molecular weight excluding hydrogens is 373 g/mol. The van der Waals surface area contributed by atoms with Gasteiger partial charge in [-0.3, -0.25) is 4.79 Å². The van der Waals surface area contributed by atoms with Crippen molar-refractivity contribution in [3.63, 3.8) is 0 Å². The summed E-state index contributed by atoms with van der Waals surface area (Å²) in [6.45, 7) is 8.74. The molecule has 2 heterocycles. The van der Waals surface area contributed by atoms with Crippen molar-refractivity contribution in [2.45, 2.75) is 13.8 Å². The molecule has 1 aromatic carbocycles. The Hall–Kier alpha value is -1.89. The smallest absolute Gasteiger partial charge is 0.274 e. The highest BCUT2D eigenvalue weighted by Gasteiger charge is 2.19. The average Bonchev–Trinajstić information content (AvgIpc) is 2.63. The summed E-state index contributed by atoms with van der Waals surface area (Å²) in [5.41, 5.74) is 0.812. The minimum absolute atomic E-state index is 0.316. The lowest BCUT2D eigenvalue weighted by Crippen LogP contribution is -2.46. The van der Waals surface area contributed by atoms with Crippen LogP contribution in [0.2, 0.25) is 10.0 Å². The molecule has 1 aromatic heterocycles. The number of piperazine rings is 1. The number of aromatic nitrogens is 2. The van der Waals surface area contributed by atoms with Crippen molar-refractivity contribution in [2.24, 2.45) is 0 Å². The largest absolute Gasteiger partial charge is 0.354 e. The molecule has 1 N–H and O–H groups in total. The summed E-state index contributed by atoms with van der Waals surface area (Å²) in [7, 11) is 0. The standard InChI is InChI=1S/C18H21Cl2N5O/c1-3-24-6-8-25(9-7-24)17-11-16(21-12(2)22-17)18(26)23-15-5-4-13(19)10-14(15)20/h4-5,10-11H,3,6-9H2,1-2H3,(H,23,26). The molecule has 1 amide bonds. The van der Waals surface area contributed by atoms with Crippen LogP contribution in [-0.4, -0.2) is 53.5 Å². The van der Waals surface area contributed by atoms with Crippen molar-refractivity contribution in [2.75, 3.05) is 42.9 Å². The fraction of sp³-hybridized carbons (Fsp3) is 0.389. The highest BCUT2D eigenvalue weighted by atomic mass is 35.5. The maximum atomic E-state index is 12.6. The monoisotopic (exact) mass is 393 g/mol. The molecule has 0 radical (unpaired) electrons. The normalized spacial score (nSPS) is 15.2. The zero-order valence-electron chi connectivity index (χ0n) is 14.8. The lowest BCUT2D eigenvalue weighted by atomic mass is 10.2. The van der Waals surface area contributed by atoms with Crippen molar-refractivity contribution in [3.8, 4) is 0 Å². The minimum Gasteiger partial charge on any atom is -0.354 e. The topological polar surface area (TPSA) is 61.4 Å². The third-order valence-corrected chi connectivity index (χ3v) is 4.93. The predicted molar refractivity (Wildman–Crippen MR) is 106 cm³/mol. The Balaban J connectivity index is 1.77. The van der Waals surface area contributed by atoms with E-state index in [0.29, 0.717) is 27.3 Å². The third kappa shape index (κ3) is 4.44. The van der Waals surface area contributed by atoms with Crippen LogP contribution in [0.3, 0.4) is 0 Å². The second kappa shape index (κ2) is 8.20. The van der Waals surface area contributed by atoms with Crippen molar-refractivity contribution >= 4 is 40.6 Å². The molecule has 138 valence electrons. The number of likely N-dealkylation sites (N-methyl/N-ethyl adjacent to an activating group) is 1. The van der Waals surface area contributed by atoms with Gasteiger partial charge in [0.2, 0.25) is 0 Å². The van der Waals surface area contributed by atoms with Crippen LogP contribution in [0.5, 0.6) is 0 Å². The van der Waals surface area contributed by atoms with E-state index >= 15 is 0 Å². The number of hydrogen-bond donors (Lipinski definition) is 1. The molecule has 0 aliphatic carbocycles. The fourth-order valence-electron chi connectivity index (χ4n) is 2.90. The molecule has 0 bridgehead atoms.